The third-order valence-electron chi connectivity index (χ3n) is 4.65. The van der Waals surface area contributed by atoms with Gasteiger partial charge in [0.25, 0.3) is 0 Å². The van der Waals surface area contributed by atoms with E-state index < -0.39 is 0 Å². The van der Waals surface area contributed by atoms with Gasteiger partial charge in [-0.15, -0.1) is 0 Å². The van der Waals surface area contributed by atoms with Crippen molar-refractivity contribution in [2.24, 2.45) is 0 Å². The summed E-state index contributed by atoms with van der Waals surface area (Å²) in [5, 5.41) is 4.65. The summed E-state index contributed by atoms with van der Waals surface area (Å²) in [5.41, 5.74) is 2.19. The molecule has 98 valence electrons. The van der Waals surface area contributed by atoms with Crippen LogP contribution in [-0.4, -0.2) is 17.1 Å². The molecular formula is C16H17FN2. The van der Waals surface area contributed by atoms with Gasteiger partial charge in [-0.05, 0) is 61.4 Å². The zero-order valence-electron chi connectivity index (χ0n) is 10.8. The van der Waals surface area contributed by atoms with Crippen LogP contribution in [0.4, 0.5) is 4.39 Å². The minimum Gasteiger partial charge on any atom is -0.311 e. The normalized spacial score (nSPS) is 29.8. The van der Waals surface area contributed by atoms with E-state index in [0.29, 0.717) is 18.0 Å². The fourth-order valence-electron chi connectivity index (χ4n) is 3.81. The van der Waals surface area contributed by atoms with Crippen LogP contribution in [-0.2, 0) is 0 Å². The van der Waals surface area contributed by atoms with Gasteiger partial charge in [-0.1, -0.05) is 0 Å². The molecule has 0 amide bonds. The van der Waals surface area contributed by atoms with E-state index in [1.807, 2.05) is 6.20 Å². The second kappa shape index (κ2) is 4.27. The van der Waals surface area contributed by atoms with E-state index in [9.17, 15) is 4.39 Å². The Morgan fingerprint density at radius 2 is 1.89 bits per heavy atom. The van der Waals surface area contributed by atoms with Gasteiger partial charge in [-0.3, -0.25) is 4.98 Å². The van der Waals surface area contributed by atoms with Crippen LogP contribution in [0.5, 0.6) is 0 Å². The minimum absolute atomic E-state index is 0.168. The number of nitrogens with zero attached hydrogens (tertiary/aromatic N) is 1. The van der Waals surface area contributed by atoms with Crippen molar-refractivity contribution in [1.29, 1.82) is 0 Å². The first-order valence-corrected chi connectivity index (χ1v) is 7.10. The van der Waals surface area contributed by atoms with Gasteiger partial charge in [0.2, 0.25) is 0 Å². The summed E-state index contributed by atoms with van der Waals surface area (Å²) in [6.45, 7) is 0. The zero-order chi connectivity index (χ0) is 12.8. The van der Waals surface area contributed by atoms with Crippen LogP contribution in [0.3, 0.4) is 0 Å². The average molecular weight is 256 g/mol. The van der Waals surface area contributed by atoms with Crippen LogP contribution in [0, 0.1) is 5.82 Å². The molecule has 0 spiro atoms. The van der Waals surface area contributed by atoms with Crippen molar-refractivity contribution in [1.82, 2.24) is 10.3 Å². The molecule has 1 N–H and O–H groups in total. The Balaban J connectivity index is 1.80. The quantitative estimate of drug-likeness (QED) is 0.846. The van der Waals surface area contributed by atoms with Crippen molar-refractivity contribution in [2.75, 3.05) is 0 Å². The van der Waals surface area contributed by atoms with E-state index in [1.165, 1.54) is 37.3 Å². The zero-order valence-corrected chi connectivity index (χ0v) is 10.8. The highest BCUT2D eigenvalue weighted by Crippen LogP contribution is 2.39. The number of nitrogens with one attached hydrogen (secondary N) is 1. The number of aromatic nitrogens is 1. The smallest absolute Gasteiger partial charge is 0.123 e. The summed E-state index contributed by atoms with van der Waals surface area (Å²) in [7, 11) is 0. The number of rotatable bonds is 1. The molecule has 4 rings (SSSR count). The third kappa shape index (κ3) is 1.93. The second-order valence-electron chi connectivity index (χ2n) is 5.87. The molecule has 2 saturated heterocycles. The van der Waals surface area contributed by atoms with E-state index in [4.69, 9.17) is 0 Å². The van der Waals surface area contributed by atoms with Crippen LogP contribution >= 0.6 is 0 Å². The molecule has 19 heavy (non-hydrogen) atoms. The van der Waals surface area contributed by atoms with Crippen molar-refractivity contribution in [3.63, 3.8) is 0 Å². The first-order valence-electron chi connectivity index (χ1n) is 7.10. The lowest BCUT2D eigenvalue weighted by atomic mass is 9.85. The first kappa shape index (κ1) is 11.4. The van der Waals surface area contributed by atoms with Crippen LogP contribution in [0.2, 0.25) is 0 Å². The average Bonchev–Trinajstić information content (AvgIpc) is 2.77. The standard InChI is InChI=1S/C16H17FN2/c17-11-1-4-16-15(9-11)14(5-6-18-16)10-7-12-2-3-13(8-10)19-12/h1,4-6,9-10,12-13,19H,2-3,7-8H2. The number of hydrogen-bond acceptors (Lipinski definition) is 2. The molecule has 3 heterocycles. The van der Waals surface area contributed by atoms with E-state index in [1.54, 1.807) is 12.1 Å². The molecule has 1 aromatic carbocycles. The molecule has 2 aliphatic rings. The summed E-state index contributed by atoms with van der Waals surface area (Å²) in [6.07, 6.45) is 6.79. The minimum atomic E-state index is -0.168. The highest BCUT2D eigenvalue weighted by atomic mass is 19.1. The number of piperidine rings is 1. The maximum absolute atomic E-state index is 13.5. The number of benzene rings is 1. The van der Waals surface area contributed by atoms with Gasteiger partial charge in [-0.25, -0.2) is 4.39 Å². The summed E-state index contributed by atoms with van der Waals surface area (Å²) < 4.78 is 13.5. The SMILES string of the molecule is Fc1ccc2nccc(C3CC4CCC(C3)N4)c2c1. The molecule has 3 heteroatoms. The lowest BCUT2D eigenvalue weighted by Gasteiger charge is -2.30. The first-order chi connectivity index (χ1) is 9.29. The summed E-state index contributed by atoms with van der Waals surface area (Å²) in [4.78, 5) is 4.35. The summed E-state index contributed by atoms with van der Waals surface area (Å²) in [5.74, 6) is 0.379. The predicted octanol–water partition coefficient (Wildman–Crippen LogP) is 3.37. The van der Waals surface area contributed by atoms with E-state index >= 15 is 0 Å². The lowest BCUT2D eigenvalue weighted by Crippen LogP contribution is -2.37. The third-order valence-corrected chi connectivity index (χ3v) is 4.65. The van der Waals surface area contributed by atoms with E-state index in [-0.39, 0.29) is 5.82 Å². The maximum Gasteiger partial charge on any atom is 0.123 e. The largest absolute Gasteiger partial charge is 0.311 e. The monoisotopic (exact) mass is 256 g/mol. The molecular weight excluding hydrogens is 239 g/mol. The topological polar surface area (TPSA) is 24.9 Å². The summed E-state index contributed by atoms with van der Waals surface area (Å²) in [6, 6.07) is 8.30. The lowest BCUT2D eigenvalue weighted by molar-refractivity contribution is 0.364. The number of hydrogen-bond donors (Lipinski definition) is 1. The highest BCUT2D eigenvalue weighted by Gasteiger charge is 2.34. The van der Waals surface area contributed by atoms with Crippen LogP contribution in [0.15, 0.2) is 30.5 Å². The summed E-state index contributed by atoms with van der Waals surface area (Å²) >= 11 is 0. The Morgan fingerprint density at radius 3 is 2.68 bits per heavy atom. The Labute approximate surface area is 112 Å². The Kier molecular flexibility index (Phi) is 2.55. The molecule has 2 atom stereocenters. The molecule has 2 bridgehead atoms. The van der Waals surface area contributed by atoms with Gasteiger partial charge < -0.3 is 5.32 Å². The van der Waals surface area contributed by atoms with Crippen molar-refractivity contribution in [2.45, 2.75) is 43.7 Å². The van der Waals surface area contributed by atoms with Crippen molar-refractivity contribution < 1.29 is 4.39 Å². The van der Waals surface area contributed by atoms with Gasteiger partial charge in [0, 0.05) is 23.7 Å². The van der Waals surface area contributed by atoms with Crippen molar-refractivity contribution >= 4 is 10.9 Å². The molecule has 1 aromatic heterocycles. The number of pyridine rings is 1. The maximum atomic E-state index is 13.5. The van der Waals surface area contributed by atoms with Crippen molar-refractivity contribution in [3.8, 4) is 0 Å². The molecule has 2 unspecified atom stereocenters. The van der Waals surface area contributed by atoms with Gasteiger partial charge in [0.15, 0.2) is 0 Å². The molecule has 2 aliphatic heterocycles. The molecule has 0 aliphatic carbocycles. The highest BCUT2D eigenvalue weighted by molar-refractivity contribution is 5.82. The molecule has 2 nitrogen and oxygen atoms in total. The Bertz CT molecular complexity index is 613. The molecule has 2 fully saturated rings. The number of fused-ring (bicyclic) bond motifs is 3. The predicted molar refractivity (Wildman–Crippen MR) is 73.6 cm³/mol. The van der Waals surface area contributed by atoms with E-state index in [2.05, 4.69) is 16.4 Å². The van der Waals surface area contributed by atoms with Crippen LogP contribution in [0.1, 0.15) is 37.2 Å². The molecule has 0 radical (unpaired) electrons. The fraction of sp³-hybridized carbons (Fsp3) is 0.438. The van der Waals surface area contributed by atoms with Gasteiger partial charge >= 0.3 is 0 Å². The van der Waals surface area contributed by atoms with Crippen LogP contribution in [0.25, 0.3) is 10.9 Å². The van der Waals surface area contributed by atoms with E-state index in [0.717, 1.165) is 10.9 Å². The van der Waals surface area contributed by atoms with Crippen LogP contribution < -0.4 is 5.32 Å². The Morgan fingerprint density at radius 1 is 1.11 bits per heavy atom. The van der Waals surface area contributed by atoms with Crippen molar-refractivity contribution in [3.05, 3.63) is 41.8 Å². The molecule has 0 saturated carbocycles. The Hall–Kier alpha value is -1.48. The van der Waals surface area contributed by atoms with Gasteiger partial charge in [0.1, 0.15) is 5.82 Å². The fourth-order valence-corrected chi connectivity index (χ4v) is 3.81. The number of halogens is 1. The molecule has 2 aromatic rings. The van der Waals surface area contributed by atoms with Gasteiger partial charge in [0.05, 0.1) is 5.52 Å². The second-order valence-corrected chi connectivity index (χ2v) is 5.87. The van der Waals surface area contributed by atoms with Gasteiger partial charge in [-0.2, -0.15) is 0 Å².